The van der Waals surface area contributed by atoms with E-state index in [-0.39, 0.29) is 24.5 Å². The highest BCUT2D eigenvalue weighted by atomic mass is 16.5. The Morgan fingerprint density at radius 2 is 2.27 bits per heavy atom. The van der Waals surface area contributed by atoms with Crippen LogP contribution >= 0.6 is 0 Å². The third-order valence-electron chi connectivity index (χ3n) is 3.25. The van der Waals surface area contributed by atoms with Crippen molar-refractivity contribution >= 4 is 11.9 Å². The Bertz CT molecular complexity index is 543. The molecule has 1 unspecified atom stereocenters. The van der Waals surface area contributed by atoms with Crippen molar-refractivity contribution < 1.29 is 14.3 Å². The molecule has 22 heavy (non-hydrogen) atoms. The first-order valence-electron chi connectivity index (χ1n) is 7.54. The van der Waals surface area contributed by atoms with Crippen molar-refractivity contribution in [3.8, 4) is 5.75 Å². The molecule has 1 aromatic rings. The number of fused-ring (bicyclic) bond motifs is 1. The van der Waals surface area contributed by atoms with Gasteiger partial charge in [0.25, 0.3) is 0 Å². The van der Waals surface area contributed by atoms with Crippen molar-refractivity contribution in [2.75, 3.05) is 13.2 Å². The maximum absolute atomic E-state index is 11.4. The van der Waals surface area contributed by atoms with Crippen molar-refractivity contribution in [1.82, 2.24) is 5.32 Å². The van der Waals surface area contributed by atoms with Crippen molar-refractivity contribution in [3.05, 3.63) is 29.8 Å². The fraction of sp³-hybridized carbons (Fsp3) is 0.500. The van der Waals surface area contributed by atoms with Gasteiger partial charge < -0.3 is 20.5 Å². The van der Waals surface area contributed by atoms with Gasteiger partial charge in [0.1, 0.15) is 5.75 Å². The topological polar surface area (TPSA) is 85.9 Å². The maximum atomic E-state index is 11.4. The fourth-order valence-electron chi connectivity index (χ4n) is 2.31. The number of ether oxygens (including phenoxy) is 2. The first-order chi connectivity index (χ1) is 10.6. The van der Waals surface area contributed by atoms with Gasteiger partial charge in [0.05, 0.1) is 31.7 Å². The van der Waals surface area contributed by atoms with Crippen molar-refractivity contribution in [1.29, 1.82) is 0 Å². The van der Waals surface area contributed by atoms with Crippen LogP contribution < -0.4 is 15.8 Å². The lowest BCUT2D eigenvalue weighted by Gasteiger charge is -2.26. The first kappa shape index (κ1) is 16.1. The number of nitrogens with two attached hydrogens (primary N) is 1. The number of rotatable bonds is 5. The summed E-state index contributed by atoms with van der Waals surface area (Å²) in [6, 6.07) is 7.95. The van der Waals surface area contributed by atoms with Gasteiger partial charge >= 0.3 is 5.97 Å². The van der Waals surface area contributed by atoms with Crippen molar-refractivity contribution in [2.24, 2.45) is 10.7 Å². The molecule has 0 saturated heterocycles. The second-order valence-corrected chi connectivity index (χ2v) is 5.43. The lowest BCUT2D eigenvalue weighted by molar-refractivity contribution is -0.147. The van der Waals surface area contributed by atoms with Gasteiger partial charge in [-0.3, -0.25) is 9.79 Å². The minimum atomic E-state index is -0.261. The summed E-state index contributed by atoms with van der Waals surface area (Å²) in [5, 5.41) is 3.19. The second-order valence-electron chi connectivity index (χ2n) is 5.43. The predicted octanol–water partition coefficient (Wildman–Crippen LogP) is 1.76. The zero-order valence-electron chi connectivity index (χ0n) is 13.0. The van der Waals surface area contributed by atoms with Gasteiger partial charge in [0.2, 0.25) is 0 Å². The first-order valence-corrected chi connectivity index (χ1v) is 7.54. The Hall–Kier alpha value is -2.24. The monoisotopic (exact) mass is 305 g/mol. The van der Waals surface area contributed by atoms with Gasteiger partial charge in [-0.25, -0.2) is 0 Å². The van der Waals surface area contributed by atoms with Gasteiger partial charge in [0.15, 0.2) is 5.96 Å². The SMILES string of the molecule is CC(C)OC(=O)CCN=C(N)NC1CCOc2ccccc21. The second kappa shape index (κ2) is 7.68. The smallest absolute Gasteiger partial charge is 0.307 e. The number of carbonyl (C=O) groups excluding carboxylic acids is 1. The normalized spacial score (nSPS) is 17.6. The Balaban J connectivity index is 1.86. The molecule has 0 aromatic heterocycles. The standard InChI is InChI=1S/C16H23N3O3/c1-11(2)22-15(20)7-9-18-16(17)19-13-8-10-21-14-6-4-3-5-12(13)14/h3-6,11,13H,7-10H2,1-2H3,(H3,17,18,19). The molecule has 1 aliphatic rings. The van der Waals surface area contributed by atoms with E-state index in [1.54, 1.807) is 0 Å². The van der Waals surface area contributed by atoms with Crippen LogP contribution in [-0.4, -0.2) is 31.2 Å². The predicted molar refractivity (Wildman–Crippen MR) is 84.8 cm³/mol. The minimum absolute atomic E-state index is 0.0799. The largest absolute Gasteiger partial charge is 0.493 e. The molecule has 0 saturated carbocycles. The number of nitrogens with zero attached hydrogens (tertiary/aromatic N) is 1. The number of benzene rings is 1. The molecule has 120 valence electrons. The van der Waals surface area contributed by atoms with Crippen LogP contribution in [0.4, 0.5) is 0 Å². The van der Waals surface area contributed by atoms with Gasteiger partial charge in [-0.15, -0.1) is 0 Å². The zero-order valence-corrected chi connectivity index (χ0v) is 13.0. The highest BCUT2D eigenvalue weighted by molar-refractivity contribution is 5.79. The number of esters is 1. The summed E-state index contributed by atoms with van der Waals surface area (Å²) >= 11 is 0. The molecule has 0 spiro atoms. The maximum Gasteiger partial charge on any atom is 0.307 e. The molecule has 0 bridgehead atoms. The van der Waals surface area contributed by atoms with E-state index in [1.165, 1.54) is 0 Å². The van der Waals surface area contributed by atoms with Crippen LogP contribution in [0, 0.1) is 0 Å². The third-order valence-corrected chi connectivity index (χ3v) is 3.25. The molecule has 1 aromatic carbocycles. The molecule has 6 nitrogen and oxygen atoms in total. The van der Waals surface area contributed by atoms with Gasteiger partial charge in [-0.2, -0.15) is 0 Å². The van der Waals surface area contributed by atoms with Crippen LogP contribution in [0.15, 0.2) is 29.3 Å². The average Bonchev–Trinajstić information content (AvgIpc) is 2.47. The van der Waals surface area contributed by atoms with Crippen molar-refractivity contribution in [3.63, 3.8) is 0 Å². The molecule has 0 amide bonds. The van der Waals surface area contributed by atoms with E-state index in [0.29, 0.717) is 19.1 Å². The third kappa shape index (κ3) is 4.65. The number of aliphatic imine (C=N–C) groups is 1. The van der Waals surface area contributed by atoms with E-state index in [4.69, 9.17) is 15.2 Å². The summed E-state index contributed by atoms with van der Waals surface area (Å²) in [4.78, 5) is 15.6. The molecule has 2 rings (SSSR count). The lowest BCUT2D eigenvalue weighted by atomic mass is 10.0. The van der Waals surface area contributed by atoms with Crippen LogP contribution in [0.5, 0.6) is 5.75 Å². The molecule has 0 radical (unpaired) electrons. The molecular formula is C16H23N3O3. The summed E-state index contributed by atoms with van der Waals surface area (Å²) in [7, 11) is 0. The van der Waals surface area contributed by atoms with E-state index in [1.807, 2.05) is 38.1 Å². The van der Waals surface area contributed by atoms with Crippen LogP contribution in [0.2, 0.25) is 0 Å². The van der Waals surface area contributed by atoms with E-state index in [2.05, 4.69) is 10.3 Å². The molecule has 3 N–H and O–H groups in total. The molecule has 0 aliphatic carbocycles. The van der Waals surface area contributed by atoms with E-state index >= 15 is 0 Å². The van der Waals surface area contributed by atoms with Crippen LogP contribution in [0.3, 0.4) is 0 Å². The summed E-state index contributed by atoms with van der Waals surface area (Å²) < 4.78 is 10.6. The molecule has 6 heteroatoms. The molecule has 1 atom stereocenters. The van der Waals surface area contributed by atoms with Crippen LogP contribution in [0.1, 0.15) is 38.3 Å². The fourth-order valence-corrected chi connectivity index (χ4v) is 2.31. The van der Waals surface area contributed by atoms with Crippen molar-refractivity contribution in [2.45, 2.75) is 38.8 Å². The Labute approximate surface area is 130 Å². The average molecular weight is 305 g/mol. The number of carbonyl (C=O) groups is 1. The molecule has 0 fully saturated rings. The van der Waals surface area contributed by atoms with E-state index in [9.17, 15) is 4.79 Å². The Morgan fingerprint density at radius 3 is 3.05 bits per heavy atom. The number of nitrogens with one attached hydrogen (secondary N) is 1. The Morgan fingerprint density at radius 1 is 1.50 bits per heavy atom. The Kier molecular flexibility index (Phi) is 5.63. The highest BCUT2D eigenvalue weighted by Gasteiger charge is 2.21. The lowest BCUT2D eigenvalue weighted by Crippen LogP contribution is -2.37. The van der Waals surface area contributed by atoms with Crippen LogP contribution in [-0.2, 0) is 9.53 Å². The summed E-state index contributed by atoms with van der Waals surface area (Å²) in [5.74, 6) is 0.946. The van der Waals surface area contributed by atoms with E-state index < -0.39 is 0 Å². The summed E-state index contributed by atoms with van der Waals surface area (Å²) in [6.45, 7) is 4.59. The van der Waals surface area contributed by atoms with Crippen LogP contribution in [0.25, 0.3) is 0 Å². The minimum Gasteiger partial charge on any atom is -0.493 e. The summed E-state index contributed by atoms with van der Waals surface area (Å²) in [5.41, 5.74) is 6.97. The van der Waals surface area contributed by atoms with Gasteiger partial charge in [-0.05, 0) is 19.9 Å². The van der Waals surface area contributed by atoms with E-state index in [0.717, 1.165) is 17.7 Å². The quantitative estimate of drug-likeness (QED) is 0.492. The zero-order chi connectivity index (χ0) is 15.9. The number of para-hydroxylation sites is 1. The number of hydrogen-bond acceptors (Lipinski definition) is 4. The number of guanidine groups is 1. The summed E-state index contributed by atoms with van der Waals surface area (Å²) in [6.07, 6.45) is 0.943. The van der Waals surface area contributed by atoms with Gasteiger partial charge in [0, 0.05) is 12.0 Å². The molecule has 1 heterocycles. The molecular weight excluding hydrogens is 282 g/mol. The number of hydrogen-bond donors (Lipinski definition) is 2. The van der Waals surface area contributed by atoms with Gasteiger partial charge in [-0.1, -0.05) is 18.2 Å². The highest BCUT2D eigenvalue weighted by Crippen LogP contribution is 2.31. The molecule has 1 aliphatic heterocycles.